The summed E-state index contributed by atoms with van der Waals surface area (Å²) in [6, 6.07) is 7.28. The van der Waals surface area contributed by atoms with Gasteiger partial charge in [-0.25, -0.2) is 4.39 Å². The van der Waals surface area contributed by atoms with Crippen LogP contribution >= 0.6 is 0 Å². The van der Waals surface area contributed by atoms with E-state index in [-0.39, 0.29) is 11.7 Å². The summed E-state index contributed by atoms with van der Waals surface area (Å²) < 4.78 is 21.2. The third-order valence-electron chi connectivity index (χ3n) is 6.23. The number of halogens is 1. The van der Waals surface area contributed by atoms with Gasteiger partial charge in [0.1, 0.15) is 11.5 Å². The van der Waals surface area contributed by atoms with E-state index in [1.54, 1.807) is 12.1 Å². The zero-order valence-corrected chi connectivity index (χ0v) is 15.0. The van der Waals surface area contributed by atoms with E-state index >= 15 is 0 Å². The molecule has 0 bridgehead atoms. The van der Waals surface area contributed by atoms with Gasteiger partial charge in [-0.3, -0.25) is 9.69 Å². The zero-order chi connectivity index (χ0) is 17.8. The highest BCUT2D eigenvalue weighted by atomic mass is 19.1. The topological polar surface area (TPSA) is 37.7 Å². The van der Waals surface area contributed by atoms with Crippen LogP contribution in [0.4, 0.5) is 4.39 Å². The predicted octanol–water partition coefficient (Wildman–Crippen LogP) is 2.25. The van der Waals surface area contributed by atoms with E-state index in [0.29, 0.717) is 30.9 Å². The molecule has 2 saturated heterocycles. The molecule has 3 fully saturated rings. The Kier molecular flexibility index (Phi) is 3.79. The van der Waals surface area contributed by atoms with Crippen molar-refractivity contribution in [3.8, 4) is 0 Å². The number of hydrogen-bond donors (Lipinski definition) is 0. The first-order chi connectivity index (χ1) is 12.6. The highest BCUT2D eigenvalue weighted by Crippen LogP contribution is 2.38. The monoisotopic (exact) mass is 357 g/mol. The molecule has 5 rings (SSSR count). The molecule has 2 atom stereocenters. The molecule has 1 aromatic heterocycles. The Bertz CT molecular complexity index is 860. The van der Waals surface area contributed by atoms with Crippen molar-refractivity contribution in [3.05, 3.63) is 35.8 Å². The second-order valence-electron chi connectivity index (χ2n) is 7.88. The minimum Gasteiger partial charge on any atom is -0.378 e. The number of carbonyl (C=O) groups excluding carboxylic acids is 1. The molecule has 1 aliphatic carbocycles. The number of nitrogens with zero attached hydrogens (tertiary/aromatic N) is 3. The van der Waals surface area contributed by atoms with Gasteiger partial charge in [0.25, 0.3) is 5.91 Å². The van der Waals surface area contributed by atoms with Gasteiger partial charge in [-0.05, 0) is 43.0 Å². The van der Waals surface area contributed by atoms with Gasteiger partial charge in [0, 0.05) is 43.6 Å². The Labute approximate surface area is 152 Å². The maximum atomic E-state index is 13.5. The number of aromatic nitrogens is 1. The van der Waals surface area contributed by atoms with Crippen molar-refractivity contribution < 1.29 is 13.9 Å². The third-order valence-corrected chi connectivity index (χ3v) is 6.23. The van der Waals surface area contributed by atoms with Crippen molar-refractivity contribution in [1.82, 2.24) is 14.4 Å². The molecule has 5 nitrogen and oxygen atoms in total. The predicted molar refractivity (Wildman–Crippen MR) is 96.6 cm³/mol. The van der Waals surface area contributed by atoms with Gasteiger partial charge in [-0.15, -0.1) is 0 Å². The lowest BCUT2D eigenvalue weighted by Gasteiger charge is -2.48. The Balaban J connectivity index is 1.37. The first-order valence-electron chi connectivity index (χ1n) is 9.49. The molecule has 3 heterocycles. The lowest BCUT2D eigenvalue weighted by molar-refractivity contribution is -0.0817. The third kappa shape index (κ3) is 2.63. The number of ether oxygens (including phenoxy) is 1. The summed E-state index contributed by atoms with van der Waals surface area (Å²) >= 11 is 0. The normalized spacial score (nSPS) is 26.9. The maximum absolute atomic E-state index is 13.5. The highest BCUT2D eigenvalue weighted by Gasteiger charge is 2.43. The average Bonchev–Trinajstić information content (AvgIpc) is 3.44. The van der Waals surface area contributed by atoms with Gasteiger partial charge in [0.15, 0.2) is 0 Å². The number of fused-ring (bicyclic) bond motifs is 2. The van der Waals surface area contributed by atoms with Crippen molar-refractivity contribution in [3.63, 3.8) is 0 Å². The number of aryl methyl sites for hydroxylation is 1. The smallest absolute Gasteiger partial charge is 0.270 e. The molecule has 0 radical (unpaired) electrons. The van der Waals surface area contributed by atoms with Crippen LogP contribution in [-0.4, -0.2) is 65.2 Å². The molecule has 6 heteroatoms. The zero-order valence-electron chi connectivity index (χ0n) is 15.0. The van der Waals surface area contributed by atoms with Gasteiger partial charge >= 0.3 is 0 Å². The Morgan fingerprint density at radius 1 is 1.19 bits per heavy atom. The molecular formula is C20H24FN3O2. The maximum Gasteiger partial charge on any atom is 0.270 e. The van der Waals surface area contributed by atoms with E-state index in [9.17, 15) is 9.18 Å². The lowest BCUT2D eigenvalue weighted by Crippen LogP contribution is -2.63. The molecule has 0 spiro atoms. The molecule has 1 saturated carbocycles. The van der Waals surface area contributed by atoms with Crippen LogP contribution in [0.5, 0.6) is 0 Å². The SMILES string of the molecule is Cn1c(C(=O)N2CCN3[C@@H](COC[C@@H]3C3CC3)C2)cc2cc(F)ccc21. The molecular weight excluding hydrogens is 333 g/mol. The van der Waals surface area contributed by atoms with E-state index < -0.39 is 0 Å². The Hall–Kier alpha value is -1.92. The van der Waals surface area contributed by atoms with Crippen LogP contribution in [0.3, 0.4) is 0 Å². The van der Waals surface area contributed by atoms with Crippen LogP contribution < -0.4 is 0 Å². The fraction of sp³-hybridized carbons (Fsp3) is 0.550. The summed E-state index contributed by atoms with van der Waals surface area (Å²) in [4.78, 5) is 17.6. The molecule has 0 N–H and O–H groups in total. The van der Waals surface area contributed by atoms with E-state index in [1.807, 2.05) is 16.5 Å². The molecule has 1 amide bonds. The van der Waals surface area contributed by atoms with Gasteiger partial charge in [-0.2, -0.15) is 0 Å². The summed E-state index contributed by atoms with van der Waals surface area (Å²) in [5.41, 5.74) is 1.50. The summed E-state index contributed by atoms with van der Waals surface area (Å²) in [5, 5.41) is 0.768. The summed E-state index contributed by atoms with van der Waals surface area (Å²) in [7, 11) is 1.87. The first-order valence-corrected chi connectivity index (χ1v) is 9.49. The van der Waals surface area contributed by atoms with Crippen LogP contribution in [0.15, 0.2) is 24.3 Å². The molecule has 138 valence electrons. The van der Waals surface area contributed by atoms with Gasteiger partial charge < -0.3 is 14.2 Å². The van der Waals surface area contributed by atoms with Gasteiger partial charge in [-0.1, -0.05) is 0 Å². The molecule has 26 heavy (non-hydrogen) atoms. The molecule has 2 aromatic rings. The van der Waals surface area contributed by atoms with E-state index in [2.05, 4.69) is 4.90 Å². The molecule has 1 aromatic carbocycles. The van der Waals surface area contributed by atoms with Crippen LogP contribution in [0.1, 0.15) is 23.3 Å². The van der Waals surface area contributed by atoms with Crippen molar-refractivity contribution in [2.75, 3.05) is 32.8 Å². The number of morpholine rings is 1. The lowest BCUT2D eigenvalue weighted by atomic mass is 10.0. The van der Waals surface area contributed by atoms with Crippen molar-refractivity contribution in [1.29, 1.82) is 0 Å². The number of hydrogen-bond acceptors (Lipinski definition) is 3. The van der Waals surface area contributed by atoms with E-state index in [1.165, 1.54) is 25.0 Å². The number of rotatable bonds is 2. The fourth-order valence-corrected chi connectivity index (χ4v) is 4.63. The number of benzene rings is 1. The van der Waals surface area contributed by atoms with Crippen LogP contribution in [-0.2, 0) is 11.8 Å². The minimum absolute atomic E-state index is 0.0253. The summed E-state index contributed by atoms with van der Waals surface area (Å²) in [6.45, 7) is 3.91. The van der Waals surface area contributed by atoms with Crippen LogP contribution in [0, 0.1) is 11.7 Å². The van der Waals surface area contributed by atoms with Crippen LogP contribution in [0.25, 0.3) is 10.9 Å². The minimum atomic E-state index is -0.277. The first kappa shape index (κ1) is 16.3. The molecule has 3 aliphatic rings. The van der Waals surface area contributed by atoms with E-state index in [4.69, 9.17) is 4.74 Å². The summed E-state index contributed by atoms with van der Waals surface area (Å²) in [5.74, 6) is 0.534. The van der Waals surface area contributed by atoms with Gasteiger partial charge in [0.05, 0.1) is 19.3 Å². The number of amides is 1. The van der Waals surface area contributed by atoms with Crippen molar-refractivity contribution in [2.45, 2.75) is 24.9 Å². The average molecular weight is 357 g/mol. The molecule has 0 unspecified atom stereocenters. The Morgan fingerprint density at radius 3 is 2.85 bits per heavy atom. The second-order valence-corrected chi connectivity index (χ2v) is 7.88. The van der Waals surface area contributed by atoms with Crippen LogP contribution in [0.2, 0.25) is 0 Å². The quantitative estimate of drug-likeness (QED) is 0.827. The Morgan fingerprint density at radius 2 is 2.04 bits per heavy atom. The highest BCUT2D eigenvalue weighted by molar-refractivity contribution is 5.98. The standard InChI is InChI=1S/C20H24FN3O2/c1-22-17-5-4-15(21)8-14(17)9-18(22)20(25)23-6-7-24-16(10-23)11-26-12-19(24)13-2-3-13/h4-5,8-9,13,16,19H,2-3,6-7,10-12H2,1H3/t16-,19-/m1/s1. The van der Waals surface area contributed by atoms with E-state index in [0.717, 1.165) is 36.5 Å². The van der Waals surface area contributed by atoms with Crippen molar-refractivity contribution in [2.24, 2.45) is 13.0 Å². The summed E-state index contributed by atoms with van der Waals surface area (Å²) in [6.07, 6.45) is 2.62. The number of carbonyl (C=O) groups is 1. The van der Waals surface area contributed by atoms with Crippen molar-refractivity contribution >= 4 is 16.8 Å². The fourth-order valence-electron chi connectivity index (χ4n) is 4.63. The van der Waals surface area contributed by atoms with Gasteiger partial charge in [0.2, 0.25) is 0 Å². The number of piperazine rings is 1. The second kappa shape index (κ2) is 6.06. The molecule has 2 aliphatic heterocycles. The largest absolute Gasteiger partial charge is 0.378 e.